The number of ether oxygens (including phenoxy) is 1. The molecule has 15 heavy (non-hydrogen) atoms. The molecule has 1 aromatic carbocycles. The Bertz CT molecular complexity index is 307. The van der Waals surface area contributed by atoms with Crippen molar-refractivity contribution >= 4 is 0 Å². The van der Waals surface area contributed by atoms with Crippen molar-refractivity contribution in [2.75, 3.05) is 6.61 Å². The fraction of sp³-hybridized carbons (Fsp3) is 0.538. The summed E-state index contributed by atoms with van der Waals surface area (Å²) >= 11 is 0. The number of hydrogen-bond acceptors (Lipinski definition) is 2. The van der Waals surface area contributed by atoms with Gasteiger partial charge in [0.2, 0.25) is 0 Å². The summed E-state index contributed by atoms with van der Waals surface area (Å²) in [6.07, 6.45) is 2.27. The normalized spacial score (nSPS) is 12.5. The second-order valence-corrected chi connectivity index (χ2v) is 4.02. The average Bonchev–Trinajstić information content (AvgIpc) is 2.20. The van der Waals surface area contributed by atoms with E-state index in [0.29, 0.717) is 0 Å². The Hall–Kier alpha value is -1.02. The molecular weight excluding hydrogens is 186 g/mol. The third-order valence-corrected chi connectivity index (χ3v) is 2.48. The summed E-state index contributed by atoms with van der Waals surface area (Å²) in [6.45, 7) is 7.02. The molecule has 0 saturated heterocycles. The highest BCUT2D eigenvalue weighted by molar-refractivity contribution is 5.37. The fourth-order valence-corrected chi connectivity index (χ4v) is 1.44. The Balaban J connectivity index is 2.66. The first-order valence-electron chi connectivity index (χ1n) is 5.64. The van der Waals surface area contributed by atoms with Gasteiger partial charge in [0, 0.05) is 6.04 Å². The summed E-state index contributed by atoms with van der Waals surface area (Å²) in [5.41, 5.74) is 8.14. The zero-order valence-corrected chi connectivity index (χ0v) is 9.92. The molecule has 0 fully saturated rings. The minimum Gasteiger partial charge on any atom is -0.493 e. The van der Waals surface area contributed by atoms with Crippen LogP contribution in [-0.2, 0) is 0 Å². The van der Waals surface area contributed by atoms with Gasteiger partial charge in [-0.2, -0.15) is 0 Å². The molecule has 0 amide bonds. The predicted octanol–water partition coefficient (Wildman–Crippen LogP) is 3.19. The summed E-state index contributed by atoms with van der Waals surface area (Å²) in [7, 11) is 0. The summed E-state index contributed by atoms with van der Waals surface area (Å²) in [5, 5.41) is 0. The van der Waals surface area contributed by atoms with Gasteiger partial charge in [0.1, 0.15) is 5.75 Å². The van der Waals surface area contributed by atoms with Gasteiger partial charge in [0.15, 0.2) is 0 Å². The molecule has 1 atom stereocenters. The third kappa shape index (κ3) is 3.56. The Morgan fingerprint density at radius 3 is 2.67 bits per heavy atom. The van der Waals surface area contributed by atoms with Crippen molar-refractivity contribution in [3.63, 3.8) is 0 Å². The van der Waals surface area contributed by atoms with Crippen molar-refractivity contribution in [2.24, 2.45) is 5.73 Å². The molecule has 1 rings (SSSR count). The minimum absolute atomic E-state index is 0.0911. The van der Waals surface area contributed by atoms with Crippen molar-refractivity contribution in [3.05, 3.63) is 29.3 Å². The largest absolute Gasteiger partial charge is 0.493 e. The lowest BCUT2D eigenvalue weighted by Gasteiger charge is -2.11. The molecule has 1 aromatic rings. The molecule has 0 aromatic heterocycles. The zero-order valence-electron chi connectivity index (χ0n) is 9.92. The first-order valence-corrected chi connectivity index (χ1v) is 5.64. The number of benzene rings is 1. The lowest BCUT2D eigenvalue weighted by molar-refractivity contribution is 0.307. The molecule has 0 aliphatic rings. The molecule has 0 aliphatic carbocycles. The van der Waals surface area contributed by atoms with Crippen molar-refractivity contribution in [1.29, 1.82) is 0 Å². The zero-order chi connectivity index (χ0) is 11.3. The van der Waals surface area contributed by atoms with Gasteiger partial charge in [-0.3, -0.25) is 0 Å². The van der Waals surface area contributed by atoms with E-state index in [-0.39, 0.29) is 6.04 Å². The van der Waals surface area contributed by atoms with Crippen molar-refractivity contribution in [2.45, 2.75) is 39.7 Å². The van der Waals surface area contributed by atoms with Crippen LogP contribution in [0.3, 0.4) is 0 Å². The fourth-order valence-electron chi connectivity index (χ4n) is 1.44. The van der Waals surface area contributed by atoms with Gasteiger partial charge < -0.3 is 10.5 Å². The summed E-state index contributed by atoms with van der Waals surface area (Å²) < 4.78 is 5.67. The maximum Gasteiger partial charge on any atom is 0.122 e. The molecular formula is C13H21NO. The van der Waals surface area contributed by atoms with E-state index < -0.39 is 0 Å². The van der Waals surface area contributed by atoms with Gasteiger partial charge in [0.25, 0.3) is 0 Å². The molecule has 0 radical (unpaired) electrons. The van der Waals surface area contributed by atoms with E-state index in [1.165, 1.54) is 5.56 Å². The van der Waals surface area contributed by atoms with E-state index in [2.05, 4.69) is 19.9 Å². The van der Waals surface area contributed by atoms with Crippen LogP contribution < -0.4 is 10.5 Å². The first kappa shape index (κ1) is 12.1. The molecule has 0 aliphatic heterocycles. The van der Waals surface area contributed by atoms with Crippen molar-refractivity contribution < 1.29 is 4.74 Å². The highest BCUT2D eigenvalue weighted by Crippen LogP contribution is 2.21. The van der Waals surface area contributed by atoms with Crippen LogP contribution in [0.15, 0.2) is 18.2 Å². The second-order valence-electron chi connectivity index (χ2n) is 4.02. The highest BCUT2D eigenvalue weighted by atomic mass is 16.5. The summed E-state index contributed by atoms with van der Waals surface area (Å²) in [4.78, 5) is 0. The topological polar surface area (TPSA) is 35.2 Å². The molecule has 2 N–H and O–H groups in total. The maximum atomic E-state index is 5.81. The van der Waals surface area contributed by atoms with Crippen LogP contribution in [-0.4, -0.2) is 6.61 Å². The van der Waals surface area contributed by atoms with Crippen LogP contribution in [0.2, 0.25) is 0 Å². The van der Waals surface area contributed by atoms with E-state index >= 15 is 0 Å². The highest BCUT2D eigenvalue weighted by Gasteiger charge is 2.03. The standard InChI is InChI=1S/C13H21NO/c1-4-5-8-15-13-7-6-12(11(3)14)9-10(13)2/h6-7,9,11H,4-5,8,14H2,1-3H3/t11-/m1/s1. The van der Waals surface area contributed by atoms with Crippen LogP contribution in [0.4, 0.5) is 0 Å². The molecule has 2 nitrogen and oxygen atoms in total. The summed E-state index contributed by atoms with van der Waals surface area (Å²) in [5.74, 6) is 0.979. The van der Waals surface area contributed by atoms with Crippen molar-refractivity contribution in [1.82, 2.24) is 0 Å². The predicted molar refractivity (Wildman–Crippen MR) is 64.2 cm³/mol. The van der Waals surface area contributed by atoms with Crippen molar-refractivity contribution in [3.8, 4) is 5.75 Å². The Labute approximate surface area is 92.4 Å². The molecule has 84 valence electrons. The van der Waals surface area contributed by atoms with Crippen LogP contribution in [0.1, 0.15) is 43.9 Å². The maximum absolute atomic E-state index is 5.81. The Morgan fingerprint density at radius 2 is 2.13 bits per heavy atom. The van der Waals surface area contributed by atoms with Gasteiger partial charge in [-0.15, -0.1) is 0 Å². The number of aryl methyl sites for hydroxylation is 1. The van der Waals surface area contributed by atoms with Crippen LogP contribution >= 0.6 is 0 Å². The summed E-state index contributed by atoms with van der Waals surface area (Å²) in [6, 6.07) is 6.25. The molecule has 0 bridgehead atoms. The molecule has 2 heteroatoms. The monoisotopic (exact) mass is 207 g/mol. The quantitative estimate of drug-likeness (QED) is 0.752. The van der Waals surface area contributed by atoms with Crippen LogP contribution in [0, 0.1) is 6.92 Å². The molecule has 0 unspecified atom stereocenters. The lowest BCUT2D eigenvalue weighted by Crippen LogP contribution is -2.05. The van der Waals surface area contributed by atoms with Gasteiger partial charge in [0.05, 0.1) is 6.61 Å². The number of rotatable bonds is 5. The second kappa shape index (κ2) is 5.76. The molecule has 0 spiro atoms. The van der Waals surface area contributed by atoms with E-state index in [4.69, 9.17) is 10.5 Å². The van der Waals surface area contributed by atoms with Crippen LogP contribution in [0.5, 0.6) is 5.75 Å². The first-order chi connectivity index (χ1) is 7.15. The SMILES string of the molecule is CCCCOc1ccc([C@@H](C)N)cc1C. The molecule has 0 saturated carbocycles. The minimum atomic E-state index is 0.0911. The number of nitrogens with two attached hydrogens (primary N) is 1. The smallest absolute Gasteiger partial charge is 0.122 e. The van der Waals surface area contributed by atoms with E-state index in [1.807, 2.05) is 19.1 Å². The number of hydrogen-bond donors (Lipinski definition) is 1. The lowest BCUT2D eigenvalue weighted by atomic mass is 10.1. The van der Waals surface area contributed by atoms with E-state index in [1.54, 1.807) is 0 Å². The molecule has 0 heterocycles. The van der Waals surface area contributed by atoms with E-state index in [9.17, 15) is 0 Å². The van der Waals surface area contributed by atoms with Crippen LogP contribution in [0.25, 0.3) is 0 Å². The number of unbranched alkanes of at least 4 members (excludes halogenated alkanes) is 1. The third-order valence-electron chi connectivity index (χ3n) is 2.48. The van der Waals surface area contributed by atoms with Gasteiger partial charge in [-0.1, -0.05) is 25.5 Å². The van der Waals surface area contributed by atoms with Gasteiger partial charge >= 0.3 is 0 Å². The van der Waals surface area contributed by atoms with E-state index in [0.717, 1.165) is 30.8 Å². The van der Waals surface area contributed by atoms with Gasteiger partial charge in [-0.25, -0.2) is 0 Å². The van der Waals surface area contributed by atoms with Gasteiger partial charge in [-0.05, 0) is 37.5 Å². The average molecular weight is 207 g/mol. The Kier molecular flexibility index (Phi) is 4.63. The Morgan fingerprint density at radius 1 is 1.40 bits per heavy atom.